The number of ether oxygens (including phenoxy) is 1. The number of aromatic amines is 1. The molecular weight excluding hydrogens is 508 g/mol. The van der Waals surface area contributed by atoms with Crippen molar-refractivity contribution in [2.75, 3.05) is 6.61 Å². The number of hydroxylamine groups is 1. The SMILES string of the molecule is CCOC(=O)C[C@H](C)NC(=O)C[C@H]1C=C(CCc2nc3c(S(=O)(=O)c4ccc(C)cc4)cccc3[nH]2)NO1. The molecule has 0 aliphatic carbocycles. The number of H-pyrrole nitrogens is 1. The second-order valence-corrected chi connectivity index (χ2v) is 11.2. The number of allylic oxidation sites excluding steroid dienone is 1. The number of carbonyl (C=O) groups is 2. The van der Waals surface area contributed by atoms with Gasteiger partial charge in [-0.3, -0.25) is 19.9 Å². The Morgan fingerprint density at radius 1 is 1.16 bits per heavy atom. The van der Waals surface area contributed by atoms with Crippen LogP contribution in [0.5, 0.6) is 0 Å². The quantitative estimate of drug-likeness (QED) is 0.315. The molecule has 1 aromatic heterocycles. The Kier molecular flexibility index (Phi) is 8.48. The fourth-order valence-corrected chi connectivity index (χ4v) is 5.62. The smallest absolute Gasteiger partial charge is 0.307 e. The van der Waals surface area contributed by atoms with E-state index in [0.717, 1.165) is 11.3 Å². The average Bonchev–Trinajstić information content (AvgIpc) is 3.48. The summed E-state index contributed by atoms with van der Waals surface area (Å²) in [5.74, 6) is 0.0562. The van der Waals surface area contributed by atoms with Gasteiger partial charge in [-0.2, -0.15) is 0 Å². The molecule has 3 N–H and O–H groups in total. The van der Waals surface area contributed by atoms with Crippen molar-refractivity contribution in [3.05, 3.63) is 65.6 Å². The first-order valence-corrected chi connectivity index (χ1v) is 14.0. The van der Waals surface area contributed by atoms with Crippen LogP contribution in [0, 0.1) is 6.92 Å². The highest BCUT2D eigenvalue weighted by Gasteiger charge is 2.24. The molecule has 4 rings (SSSR count). The lowest BCUT2D eigenvalue weighted by molar-refractivity contribution is -0.143. The molecule has 3 aromatic rings. The van der Waals surface area contributed by atoms with E-state index in [1.807, 2.05) is 13.0 Å². The van der Waals surface area contributed by atoms with Crippen molar-refractivity contribution >= 4 is 32.7 Å². The van der Waals surface area contributed by atoms with Crippen molar-refractivity contribution in [3.63, 3.8) is 0 Å². The van der Waals surface area contributed by atoms with Crippen molar-refractivity contribution in [2.24, 2.45) is 0 Å². The Morgan fingerprint density at radius 3 is 2.66 bits per heavy atom. The highest BCUT2D eigenvalue weighted by molar-refractivity contribution is 7.91. The largest absolute Gasteiger partial charge is 0.466 e. The average molecular weight is 541 g/mol. The van der Waals surface area contributed by atoms with E-state index < -0.39 is 15.9 Å². The third-order valence-electron chi connectivity index (χ3n) is 6.08. The first kappa shape index (κ1) is 27.3. The predicted molar refractivity (Wildman–Crippen MR) is 141 cm³/mol. The summed E-state index contributed by atoms with van der Waals surface area (Å²) in [6.45, 7) is 5.69. The number of fused-ring (bicyclic) bond motifs is 1. The Morgan fingerprint density at radius 2 is 1.92 bits per heavy atom. The Labute approximate surface area is 221 Å². The van der Waals surface area contributed by atoms with E-state index in [0.29, 0.717) is 36.3 Å². The van der Waals surface area contributed by atoms with E-state index in [1.54, 1.807) is 56.3 Å². The zero-order valence-electron chi connectivity index (χ0n) is 21.6. The molecule has 0 saturated heterocycles. The number of aromatic nitrogens is 2. The van der Waals surface area contributed by atoms with Gasteiger partial charge in [0, 0.05) is 18.2 Å². The molecule has 1 aliphatic heterocycles. The molecule has 0 spiro atoms. The number of hydrogen-bond acceptors (Lipinski definition) is 8. The monoisotopic (exact) mass is 540 g/mol. The third-order valence-corrected chi connectivity index (χ3v) is 7.88. The third kappa shape index (κ3) is 6.59. The molecule has 0 fully saturated rings. The summed E-state index contributed by atoms with van der Waals surface area (Å²) >= 11 is 0. The maximum Gasteiger partial charge on any atom is 0.307 e. The van der Waals surface area contributed by atoms with Crippen molar-refractivity contribution in [1.29, 1.82) is 0 Å². The highest BCUT2D eigenvalue weighted by Crippen LogP contribution is 2.28. The molecule has 11 heteroatoms. The number of nitrogens with zero attached hydrogens (tertiary/aromatic N) is 1. The van der Waals surface area contributed by atoms with Crippen molar-refractivity contribution < 1.29 is 27.6 Å². The predicted octanol–water partition coefficient (Wildman–Crippen LogP) is 3.27. The van der Waals surface area contributed by atoms with Crippen LogP contribution >= 0.6 is 0 Å². The van der Waals surface area contributed by atoms with Gasteiger partial charge >= 0.3 is 5.97 Å². The Hall–Kier alpha value is -3.70. The van der Waals surface area contributed by atoms with Crippen LogP contribution in [0.3, 0.4) is 0 Å². The highest BCUT2D eigenvalue weighted by atomic mass is 32.2. The lowest BCUT2D eigenvalue weighted by Gasteiger charge is -2.14. The maximum absolute atomic E-state index is 13.3. The van der Waals surface area contributed by atoms with Gasteiger partial charge in [-0.25, -0.2) is 13.4 Å². The van der Waals surface area contributed by atoms with Gasteiger partial charge < -0.3 is 15.0 Å². The molecule has 0 saturated carbocycles. The summed E-state index contributed by atoms with van der Waals surface area (Å²) in [5, 5.41) is 2.77. The normalized spacial score (nSPS) is 16.1. The lowest BCUT2D eigenvalue weighted by atomic mass is 10.1. The molecule has 0 radical (unpaired) electrons. The molecule has 38 heavy (non-hydrogen) atoms. The Balaban J connectivity index is 1.36. The number of hydrogen-bond donors (Lipinski definition) is 3. The summed E-state index contributed by atoms with van der Waals surface area (Å²) in [6, 6.07) is 11.5. The molecule has 1 amide bonds. The van der Waals surface area contributed by atoms with Gasteiger partial charge in [-0.1, -0.05) is 23.8 Å². The van der Waals surface area contributed by atoms with E-state index in [4.69, 9.17) is 9.57 Å². The topological polar surface area (TPSA) is 139 Å². The van der Waals surface area contributed by atoms with Gasteiger partial charge in [0.2, 0.25) is 15.7 Å². The number of benzene rings is 2. The van der Waals surface area contributed by atoms with Gasteiger partial charge in [0.1, 0.15) is 17.4 Å². The number of para-hydroxylation sites is 1. The summed E-state index contributed by atoms with van der Waals surface area (Å²) in [6.07, 6.45) is 2.67. The van der Waals surface area contributed by atoms with Crippen LogP contribution in [0.15, 0.2) is 64.0 Å². The summed E-state index contributed by atoms with van der Waals surface area (Å²) in [4.78, 5) is 37.5. The van der Waals surface area contributed by atoms with Crippen LogP contribution in [-0.2, 0) is 35.4 Å². The fourth-order valence-electron chi connectivity index (χ4n) is 4.21. The van der Waals surface area contributed by atoms with E-state index >= 15 is 0 Å². The number of sulfone groups is 1. The van der Waals surface area contributed by atoms with Gasteiger partial charge in [-0.05, 0) is 57.5 Å². The number of rotatable bonds is 11. The molecule has 0 bridgehead atoms. The van der Waals surface area contributed by atoms with Crippen LogP contribution in [-0.4, -0.2) is 49.0 Å². The van der Waals surface area contributed by atoms with Crippen molar-refractivity contribution in [3.8, 4) is 0 Å². The molecule has 2 atom stereocenters. The molecule has 202 valence electrons. The summed E-state index contributed by atoms with van der Waals surface area (Å²) in [7, 11) is -3.73. The molecule has 2 aromatic carbocycles. The number of imidazole rings is 1. The first-order chi connectivity index (χ1) is 18.2. The minimum absolute atomic E-state index is 0.106. The first-order valence-electron chi connectivity index (χ1n) is 12.5. The maximum atomic E-state index is 13.3. The van der Waals surface area contributed by atoms with Gasteiger partial charge in [0.15, 0.2) is 0 Å². The number of esters is 1. The molecule has 2 heterocycles. The van der Waals surface area contributed by atoms with Crippen molar-refractivity contribution in [1.82, 2.24) is 20.8 Å². The van der Waals surface area contributed by atoms with E-state index in [1.165, 1.54) is 0 Å². The zero-order valence-corrected chi connectivity index (χ0v) is 22.4. The van der Waals surface area contributed by atoms with Crippen LogP contribution in [0.25, 0.3) is 11.0 Å². The molecule has 1 aliphatic rings. The van der Waals surface area contributed by atoms with Gasteiger partial charge in [-0.15, -0.1) is 0 Å². The number of nitrogens with one attached hydrogen (secondary N) is 3. The van der Waals surface area contributed by atoms with Gasteiger partial charge in [0.25, 0.3) is 0 Å². The summed E-state index contributed by atoms with van der Waals surface area (Å²) < 4.78 is 31.4. The van der Waals surface area contributed by atoms with E-state index in [9.17, 15) is 18.0 Å². The standard InChI is InChI=1S/C27H32N4O6S/c1-4-36-26(33)14-18(3)28-25(32)16-20-15-19(31-37-20)10-13-24-29-22-6-5-7-23(27(22)30-24)38(34,35)21-11-8-17(2)9-12-21/h5-9,11-12,15,18,20,31H,4,10,13-14,16H2,1-3H3,(H,28,32)(H,29,30)/t18-,20+/m0/s1. The van der Waals surface area contributed by atoms with Crippen LogP contribution in [0.4, 0.5) is 0 Å². The van der Waals surface area contributed by atoms with Crippen LogP contribution in [0.2, 0.25) is 0 Å². The fraction of sp³-hybridized carbons (Fsp3) is 0.370. The Bertz CT molecular complexity index is 1450. The molecule has 10 nitrogen and oxygen atoms in total. The lowest BCUT2D eigenvalue weighted by Crippen LogP contribution is -2.36. The number of amides is 1. The van der Waals surface area contributed by atoms with Crippen LogP contribution in [0.1, 0.15) is 44.5 Å². The summed E-state index contributed by atoms with van der Waals surface area (Å²) in [5.41, 5.74) is 5.68. The van der Waals surface area contributed by atoms with Crippen molar-refractivity contribution in [2.45, 2.75) is 68.4 Å². The molecule has 0 unspecified atom stereocenters. The van der Waals surface area contributed by atoms with E-state index in [2.05, 4.69) is 20.8 Å². The second-order valence-electron chi connectivity index (χ2n) is 9.28. The number of aryl methyl sites for hydroxylation is 2. The zero-order chi connectivity index (χ0) is 27.3. The van der Waals surface area contributed by atoms with E-state index in [-0.39, 0.29) is 40.6 Å². The second kappa shape index (κ2) is 11.8. The minimum Gasteiger partial charge on any atom is -0.466 e. The van der Waals surface area contributed by atoms with Gasteiger partial charge in [0.05, 0.1) is 34.8 Å². The van der Waals surface area contributed by atoms with Crippen LogP contribution < -0.4 is 10.8 Å². The number of carbonyl (C=O) groups excluding carboxylic acids is 2. The molecular formula is C27H32N4O6S. The minimum atomic E-state index is -3.73.